The Bertz CT molecular complexity index is 343. The van der Waals surface area contributed by atoms with Gasteiger partial charge < -0.3 is 20.4 Å². The predicted molar refractivity (Wildman–Crippen MR) is 81.6 cm³/mol. The molecule has 0 radical (unpaired) electrons. The number of methoxy groups -OCH3 is 1. The molecule has 0 amide bonds. The first-order chi connectivity index (χ1) is 10.2. The van der Waals surface area contributed by atoms with Gasteiger partial charge in [-0.15, -0.1) is 0 Å². The van der Waals surface area contributed by atoms with Crippen LogP contribution in [0.4, 0.5) is 0 Å². The monoisotopic (exact) mass is 299 g/mol. The molecular formula is C15H29N3O3. The second-order valence-electron chi connectivity index (χ2n) is 6.26. The van der Waals surface area contributed by atoms with Crippen LogP contribution in [0.25, 0.3) is 0 Å². The van der Waals surface area contributed by atoms with Crippen LogP contribution >= 0.6 is 0 Å². The minimum absolute atomic E-state index is 0.116. The van der Waals surface area contributed by atoms with Crippen LogP contribution in [0.3, 0.4) is 0 Å². The molecule has 21 heavy (non-hydrogen) atoms. The minimum atomic E-state index is 0.116. The number of nitrogens with two attached hydrogens (primary N) is 1. The summed E-state index contributed by atoms with van der Waals surface area (Å²) in [7, 11) is 1.73. The molecule has 1 unspecified atom stereocenters. The zero-order valence-corrected chi connectivity index (χ0v) is 13.1. The van der Waals surface area contributed by atoms with Gasteiger partial charge in [-0.3, -0.25) is 4.90 Å². The lowest BCUT2D eigenvalue weighted by molar-refractivity contribution is -0.103. The molecule has 2 fully saturated rings. The normalized spacial score (nSPS) is 25.8. The van der Waals surface area contributed by atoms with Crippen molar-refractivity contribution < 1.29 is 14.7 Å². The maximum absolute atomic E-state index is 8.70. The lowest BCUT2D eigenvalue weighted by Crippen LogP contribution is -2.49. The fraction of sp³-hybridized carbons (Fsp3) is 0.933. The van der Waals surface area contributed by atoms with E-state index in [1.54, 1.807) is 7.11 Å². The molecule has 1 saturated heterocycles. The van der Waals surface area contributed by atoms with E-state index < -0.39 is 0 Å². The predicted octanol–water partition coefficient (Wildman–Crippen LogP) is 1.56. The largest absolute Gasteiger partial charge is 0.409 e. The third-order valence-electron chi connectivity index (χ3n) is 4.86. The van der Waals surface area contributed by atoms with Gasteiger partial charge in [-0.25, -0.2) is 0 Å². The number of oxime groups is 1. The Kier molecular flexibility index (Phi) is 6.26. The first kappa shape index (κ1) is 16.5. The molecule has 1 saturated carbocycles. The van der Waals surface area contributed by atoms with Crippen LogP contribution < -0.4 is 5.73 Å². The molecule has 122 valence electrons. The molecule has 1 atom stereocenters. The van der Waals surface area contributed by atoms with Crippen molar-refractivity contribution in [1.82, 2.24) is 4.90 Å². The number of rotatable bonds is 7. The van der Waals surface area contributed by atoms with E-state index in [2.05, 4.69) is 10.1 Å². The summed E-state index contributed by atoms with van der Waals surface area (Å²) >= 11 is 0. The van der Waals surface area contributed by atoms with E-state index in [4.69, 9.17) is 20.4 Å². The molecule has 1 aliphatic heterocycles. The van der Waals surface area contributed by atoms with Crippen molar-refractivity contribution in [3.63, 3.8) is 0 Å². The standard InChI is InChI=1S/C15H29N3O3/c1-20-11-9-18(8-4-14(16)17-19)13-5-10-21-15(12-13)6-2-3-7-15/h13,19H,2-12H2,1H3,(H2,16,17). The van der Waals surface area contributed by atoms with Gasteiger partial charge in [0.15, 0.2) is 0 Å². The second-order valence-corrected chi connectivity index (χ2v) is 6.26. The molecule has 0 aromatic carbocycles. The fourth-order valence-electron chi connectivity index (χ4n) is 3.67. The van der Waals surface area contributed by atoms with Gasteiger partial charge >= 0.3 is 0 Å². The van der Waals surface area contributed by atoms with E-state index >= 15 is 0 Å². The summed E-state index contributed by atoms with van der Waals surface area (Å²) in [5, 5.41) is 11.8. The third-order valence-corrected chi connectivity index (χ3v) is 4.86. The van der Waals surface area contributed by atoms with Crippen molar-refractivity contribution in [2.24, 2.45) is 10.9 Å². The summed E-state index contributed by atoms with van der Waals surface area (Å²) < 4.78 is 11.3. The Balaban J connectivity index is 1.94. The highest BCUT2D eigenvalue weighted by Crippen LogP contribution is 2.41. The van der Waals surface area contributed by atoms with E-state index in [0.29, 0.717) is 24.9 Å². The molecule has 0 aromatic heterocycles. The van der Waals surface area contributed by atoms with Crippen molar-refractivity contribution in [2.75, 3.05) is 33.4 Å². The van der Waals surface area contributed by atoms with Crippen molar-refractivity contribution >= 4 is 5.84 Å². The summed E-state index contributed by atoms with van der Waals surface area (Å²) in [5.74, 6) is 0.292. The molecule has 3 N–H and O–H groups in total. The minimum Gasteiger partial charge on any atom is -0.409 e. The molecule has 1 spiro atoms. The highest BCUT2D eigenvalue weighted by molar-refractivity contribution is 5.79. The lowest BCUT2D eigenvalue weighted by Gasteiger charge is -2.43. The maximum Gasteiger partial charge on any atom is 0.140 e. The van der Waals surface area contributed by atoms with Crippen LogP contribution in [0.2, 0.25) is 0 Å². The zero-order valence-electron chi connectivity index (χ0n) is 13.1. The summed E-state index contributed by atoms with van der Waals surface area (Å²) in [6.07, 6.45) is 7.71. The van der Waals surface area contributed by atoms with Gasteiger partial charge in [-0.1, -0.05) is 18.0 Å². The van der Waals surface area contributed by atoms with Crippen molar-refractivity contribution in [1.29, 1.82) is 0 Å². The van der Waals surface area contributed by atoms with E-state index in [9.17, 15) is 0 Å². The topological polar surface area (TPSA) is 80.3 Å². The summed E-state index contributed by atoms with van der Waals surface area (Å²) in [4.78, 5) is 2.42. The van der Waals surface area contributed by atoms with Crippen LogP contribution in [-0.2, 0) is 9.47 Å². The van der Waals surface area contributed by atoms with Crippen LogP contribution in [0.1, 0.15) is 44.9 Å². The van der Waals surface area contributed by atoms with E-state index in [-0.39, 0.29) is 5.60 Å². The van der Waals surface area contributed by atoms with Crippen molar-refractivity contribution in [3.8, 4) is 0 Å². The SMILES string of the molecule is COCCN(CCC(N)=NO)C1CCOC2(CCCC2)C1. The molecular weight excluding hydrogens is 270 g/mol. The van der Waals surface area contributed by atoms with Crippen molar-refractivity contribution in [3.05, 3.63) is 0 Å². The first-order valence-corrected chi connectivity index (χ1v) is 8.02. The van der Waals surface area contributed by atoms with Gasteiger partial charge in [-0.05, 0) is 25.7 Å². The molecule has 1 heterocycles. The van der Waals surface area contributed by atoms with E-state index in [1.807, 2.05) is 0 Å². The number of ether oxygens (including phenoxy) is 2. The average molecular weight is 299 g/mol. The summed E-state index contributed by atoms with van der Waals surface area (Å²) in [6, 6.07) is 0.512. The Morgan fingerprint density at radius 1 is 1.43 bits per heavy atom. The zero-order chi connectivity index (χ0) is 15.1. The molecule has 2 aliphatic rings. The van der Waals surface area contributed by atoms with Gasteiger partial charge in [0.1, 0.15) is 5.84 Å². The molecule has 6 nitrogen and oxygen atoms in total. The highest BCUT2D eigenvalue weighted by Gasteiger charge is 2.41. The Morgan fingerprint density at radius 3 is 2.86 bits per heavy atom. The Hall–Kier alpha value is -0.850. The highest BCUT2D eigenvalue weighted by atomic mass is 16.5. The van der Waals surface area contributed by atoms with Gasteiger partial charge in [0.05, 0.1) is 12.2 Å². The van der Waals surface area contributed by atoms with E-state index in [0.717, 1.165) is 32.5 Å². The molecule has 0 bridgehead atoms. The average Bonchev–Trinajstić information content (AvgIpc) is 2.94. The van der Waals surface area contributed by atoms with Crippen molar-refractivity contribution in [2.45, 2.75) is 56.6 Å². The van der Waals surface area contributed by atoms with Crippen LogP contribution in [0, 0.1) is 0 Å². The molecule has 0 aromatic rings. The molecule has 2 rings (SSSR count). The quantitative estimate of drug-likeness (QED) is 0.323. The first-order valence-electron chi connectivity index (χ1n) is 8.02. The number of hydrogen-bond acceptors (Lipinski definition) is 5. The van der Waals surface area contributed by atoms with Crippen LogP contribution in [0.15, 0.2) is 5.16 Å². The Labute approximate surface area is 127 Å². The van der Waals surface area contributed by atoms with E-state index in [1.165, 1.54) is 25.7 Å². The molecule has 1 aliphatic carbocycles. The fourth-order valence-corrected chi connectivity index (χ4v) is 3.67. The summed E-state index contributed by atoms with van der Waals surface area (Å²) in [5.41, 5.74) is 5.73. The smallest absolute Gasteiger partial charge is 0.140 e. The summed E-state index contributed by atoms with van der Waals surface area (Å²) in [6.45, 7) is 3.24. The maximum atomic E-state index is 8.70. The van der Waals surface area contributed by atoms with Gasteiger partial charge in [0, 0.05) is 39.3 Å². The van der Waals surface area contributed by atoms with Gasteiger partial charge in [0.2, 0.25) is 0 Å². The third kappa shape index (κ3) is 4.56. The lowest BCUT2D eigenvalue weighted by atomic mass is 9.88. The molecule has 6 heteroatoms. The Morgan fingerprint density at radius 2 is 2.19 bits per heavy atom. The van der Waals surface area contributed by atoms with Gasteiger partial charge in [-0.2, -0.15) is 0 Å². The number of amidine groups is 1. The number of hydrogen-bond donors (Lipinski definition) is 2. The van der Waals surface area contributed by atoms with Gasteiger partial charge in [0.25, 0.3) is 0 Å². The number of nitrogens with zero attached hydrogens (tertiary/aromatic N) is 2. The van der Waals surface area contributed by atoms with Crippen LogP contribution in [-0.4, -0.2) is 61.0 Å². The van der Waals surface area contributed by atoms with Crippen LogP contribution in [0.5, 0.6) is 0 Å². The second kappa shape index (κ2) is 7.96.